The molecule has 2 aliphatic heterocycles. The number of hydrogen-bond donors (Lipinski definition) is 10. The molecule has 0 amide bonds. The number of fused-ring (bicyclic) bond motifs is 2. The van der Waals surface area contributed by atoms with Crippen molar-refractivity contribution in [2.75, 3.05) is 18.4 Å². The van der Waals surface area contributed by atoms with Crippen LogP contribution in [0.15, 0.2) is 48.5 Å². The third-order valence-corrected chi connectivity index (χ3v) is 9.30. The minimum atomic E-state index is -1.44. The number of benzene rings is 2. The van der Waals surface area contributed by atoms with E-state index in [1.807, 2.05) is 48.5 Å². The largest absolute Gasteiger partial charge is 0.390 e. The fourth-order valence-corrected chi connectivity index (χ4v) is 6.68. The van der Waals surface area contributed by atoms with Crippen molar-refractivity contribution >= 4 is 27.5 Å². The normalized spacial score (nSPS) is 40.3. The molecule has 6 rings (SSSR count). The maximum Gasteiger partial charge on any atom is 0.186 e. The van der Waals surface area contributed by atoms with E-state index >= 15 is 0 Å². The van der Waals surface area contributed by atoms with Crippen molar-refractivity contribution in [3.63, 3.8) is 0 Å². The molecule has 3 aromatic rings. The molecule has 3 heterocycles. The lowest BCUT2D eigenvalue weighted by Gasteiger charge is -2.48. The summed E-state index contributed by atoms with van der Waals surface area (Å²) in [5.74, 6) is 0. The first-order chi connectivity index (χ1) is 22.1. The Labute approximate surface area is 265 Å². The Balaban J connectivity index is 1.17. The third kappa shape index (κ3) is 6.44. The number of aliphatic hydroxyl groups excluding tert-OH is 4. The quantitative estimate of drug-likeness (QED) is 0.114. The minimum absolute atomic E-state index is 0.0519. The van der Waals surface area contributed by atoms with Gasteiger partial charge in [0.05, 0.1) is 47.1 Å². The molecule has 3 fully saturated rings. The second kappa shape index (κ2) is 13.9. The lowest BCUT2D eigenvalue weighted by atomic mass is 9.84. The van der Waals surface area contributed by atoms with Crippen molar-refractivity contribution in [2.45, 2.75) is 98.4 Å². The average molecular weight is 644 g/mol. The number of nitrogens with one attached hydrogen (secondary N) is 1. The maximum absolute atomic E-state index is 11.4. The van der Waals surface area contributed by atoms with E-state index in [9.17, 15) is 20.4 Å². The first-order valence-corrected chi connectivity index (χ1v) is 15.6. The average Bonchev–Trinajstić information content (AvgIpc) is 3.04. The van der Waals surface area contributed by atoms with E-state index in [1.165, 1.54) is 0 Å². The number of nitrogens with zero attached hydrogens (tertiary/aromatic N) is 1. The molecule has 14 atom stereocenters. The summed E-state index contributed by atoms with van der Waals surface area (Å²) < 4.78 is 24.0. The predicted octanol–water partition coefficient (Wildman–Crippen LogP) is -2.47. The summed E-state index contributed by atoms with van der Waals surface area (Å²) in [5.41, 5.74) is 33.3. The van der Waals surface area contributed by atoms with Crippen LogP contribution in [0.5, 0.6) is 0 Å². The number of anilines is 1. The van der Waals surface area contributed by atoms with E-state index in [1.54, 1.807) is 0 Å². The number of rotatable bonds is 8. The molecule has 1 saturated carbocycles. The number of para-hydroxylation sites is 2. The van der Waals surface area contributed by atoms with Gasteiger partial charge in [-0.1, -0.05) is 36.4 Å². The van der Waals surface area contributed by atoms with Gasteiger partial charge in [0.1, 0.15) is 30.5 Å². The van der Waals surface area contributed by atoms with E-state index in [4.69, 9.17) is 52.6 Å². The zero-order chi connectivity index (χ0) is 32.7. The van der Waals surface area contributed by atoms with Crippen LogP contribution in [0, 0.1) is 0 Å². The van der Waals surface area contributed by atoms with Gasteiger partial charge in [-0.15, -0.1) is 0 Å². The van der Waals surface area contributed by atoms with Gasteiger partial charge in [0.25, 0.3) is 0 Å². The van der Waals surface area contributed by atoms with Crippen LogP contribution in [0.25, 0.3) is 21.8 Å². The Morgan fingerprint density at radius 3 is 1.89 bits per heavy atom. The number of hydrogen-bond acceptors (Lipinski definition) is 15. The summed E-state index contributed by atoms with van der Waals surface area (Å²) in [5, 5.41) is 48.7. The van der Waals surface area contributed by atoms with Gasteiger partial charge in [0.2, 0.25) is 0 Å². The Bertz CT molecular complexity index is 1440. The van der Waals surface area contributed by atoms with Gasteiger partial charge < -0.3 is 73.4 Å². The SMILES string of the molecule is NC[C@H]1O[C@H](O[C@H]2[C@H](O)[C@@H](O[C@H]3O[C@H](CNc4c5ccccc5nc5ccccc45)[C@@H](O)[C@H](N)[C@H]3O)[C@H](N)C[C@@H]2N)[C@H](N)C[C@@H]1O. The highest BCUT2D eigenvalue weighted by molar-refractivity contribution is 6.07. The highest BCUT2D eigenvalue weighted by Crippen LogP contribution is 2.33. The summed E-state index contributed by atoms with van der Waals surface area (Å²) in [6, 6.07) is 12.1. The van der Waals surface area contributed by atoms with Gasteiger partial charge in [0, 0.05) is 35.9 Å². The van der Waals surface area contributed by atoms with Crippen molar-refractivity contribution in [2.24, 2.45) is 28.7 Å². The van der Waals surface area contributed by atoms with E-state index < -0.39 is 85.6 Å². The zero-order valence-corrected chi connectivity index (χ0v) is 25.3. The van der Waals surface area contributed by atoms with Crippen LogP contribution in [-0.4, -0.2) is 124 Å². The van der Waals surface area contributed by atoms with E-state index in [2.05, 4.69) is 5.32 Å². The first-order valence-electron chi connectivity index (χ1n) is 15.6. The molecule has 0 radical (unpaired) electrons. The number of aliphatic hydroxyl groups is 4. The Kier molecular flexibility index (Phi) is 10.0. The van der Waals surface area contributed by atoms with Crippen LogP contribution >= 0.6 is 0 Å². The van der Waals surface area contributed by atoms with Crippen molar-refractivity contribution in [1.82, 2.24) is 4.98 Å². The van der Waals surface area contributed by atoms with Crippen LogP contribution in [-0.2, 0) is 18.9 Å². The second-order valence-electron chi connectivity index (χ2n) is 12.5. The molecule has 15 N–H and O–H groups in total. The summed E-state index contributed by atoms with van der Waals surface area (Å²) in [7, 11) is 0. The zero-order valence-electron chi connectivity index (χ0n) is 25.3. The van der Waals surface area contributed by atoms with Crippen molar-refractivity contribution in [3.8, 4) is 0 Å². The smallest absolute Gasteiger partial charge is 0.186 e. The predicted molar refractivity (Wildman–Crippen MR) is 169 cm³/mol. The van der Waals surface area contributed by atoms with Crippen LogP contribution < -0.4 is 34.0 Å². The summed E-state index contributed by atoms with van der Waals surface area (Å²) in [6.45, 7) is 0.163. The molecule has 252 valence electrons. The number of nitrogens with two attached hydrogens (primary N) is 5. The Morgan fingerprint density at radius 2 is 1.28 bits per heavy atom. The lowest BCUT2D eigenvalue weighted by Crippen LogP contribution is -2.68. The molecule has 0 bridgehead atoms. The lowest BCUT2D eigenvalue weighted by molar-refractivity contribution is -0.310. The highest BCUT2D eigenvalue weighted by Gasteiger charge is 2.50. The molecular formula is C31H45N7O8. The van der Waals surface area contributed by atoms with Gasteiger partial charge in [-0.2, -0.15) is 0 Å². The van der Waals surface area contributed by atoms with Gasteiger partial charge in [-0.3, -0.25) is 0 Å². The van der Waals surface area contributed by atoms with Crippen molar-refractivity contribution in [1.29, 1.82) is 0 Å². The van der Waals surface area contributed by atoms with Crippen LogP contribution in [0.2, 0.25) is 0 Å². The Morgan fingerprint density at radius 1 is 0.717 bits per heavy atom. The van der Waals surface area contributed by atoms with E-state index in [0.29, 0.717) is 0 Å². The molecule has 15 heteroatoms. The molecule has 1 aromatic heterocycles. The van der Waals surface area contributed by atoms with Crippen molar-refractivity contribution in [3.05, 3.63) is 48.5 Å². The van der Waals surface area contributed by atoms with E-state index in [0.717, 1.165) is 27.5 Å². The first kappa shape index (κ1) is 33.3. The topological polar surface area (TPSA) is 273 Å². The summed E-state index contributed by atoms with van der Waals surface area (Å²) >= 11 is 0. The van der Waals surface area contributed by atoms with Gasteiger partial charge >= 0.3 is 0 Å². The molecule has 0 spiro atoms. The second-order valence-corrected chi connectivity index (χ2v) is 12.5. The van der Waals surface area contributed by atoms with Gasteiger partial charge in [0.15, 0.2) is 12.6 Å². The molecule has 46 heavy (non-hydrogen) atoms. The fourth-order valence-electron chi connectivity index (χ4n) is 6.68. The molecule has 3 aliphatic rings. The Hall–Kier alpha value is -2.61. The molecule has 2 aromatic carbocycles. The number of ether oxygens (including phenoxy) is 4. The monoisotopic (exact) mass is 643 g/mol. The maximum atomic E-state index is 11.4. The molecule has 2 saturated heterocycles. The number of pyridine rings is 1. The van der Waals surface area contributed by atoms with E-state index in [-0.39, 0.29) is 25.9 Å². The van der Waals surface area contributed by atoms with Crippen LogP contribution in [0.1, 0.15) is 12.8 Å². The highest BCUT2D eigenvalue weighted by atomic mass is 16.7. The van der Waals surface area contributed by atoms with Gasteiger partial charge in [-0.05, 0) is 25.0 Å². The van der Waals surface area contributed by atoms with Crippen LogP contribution in [0.4, 0.5) is 5.69 Å². The standard InChI is InChI=1S/C31H45N7O8/c32-11-21-20(39)10-17(35)30(43-21)45-28-15(33)9-16(34)29(27(28)42)46-31-26(41)23(36)25(40)22(44-31)12-37-24-13-5-1-3-7-18(13)38-19-8-4-2-6-14(19)24/h1-8,15-17,20-23,25-31,39-42H,9-12,32-36H2,(H,37,38)/t15-,16+,17+,20-,21+,22+,23-,25+,26+,27-,28+,29-,30+,31+/m0/s1. The molecule has 15 nitrogen and oxygen atoms in total. The molecule has 0 unspecified atom stereocenters. The minimum Gasteiger partial charge on any atom is -0.390 e. The summed E-state index contributed by atoms with van der Waals surface area (Å²) in [6.07, 6.45) is -10.6. The van der Waals surface area contributed by atoms with Crippen LogP contribution in [0.3, 0.4) is 0 Å². The third-order valence-electron chi connectivity index (χ3n) is 9.30. The van der Waals surface area contributed by atoms with Gasteiger partial charge in [-0.25, -0.2) is 4.98 Å². The summed E-state index contributed by atoms with van der Waals surface area (Å²) in [4.78, 5) is 4.75. The molecular weight excluding hydrogens is 598 g/mol. The molecule has 1 aliphatic carbocycles. The fraction of sp³-hybridized carbons (Fsp3) is 0.581. The van der Waals surface area contributed by atoms with Crippen molar-refractivity contribution < 1.29 is 39.4 Å². The number of aromatic nitrogens is 1.